The third kappa shape index (κ3) is 6.67. The van der Waals surface area contributed by atoms with Crippen molar-refractivity contribution in [1.29, 1.82) is 0 Å². The molecule has 2 amide bonds. The first-order valence-corrected chi connectivity index (χ1v) is 11.3. The summed E-state index contributed by atoms with van der Waals surface area (Å²) >= 11 is 0. The van der Waals surface area contributed by atoms with Crippen molar-refractivity contribution in [3.8, 4) is 11.3 Å². The average molecular weight is 551 g/mol. The zero-order valence-electron chi connectivity index (χ0n) is 20.6. The molecule has 2 aromatic heterocycles. The highest BCUT2D eigenvalue weighted by Gasteiger charge is 2.47. The summed E-state index contributed by atoms with van der Waals surface area (Å²) in [7, 11) is 0. The molecule has 1 aliphatic rings. The van der Waals surface area contributed by atoms with Gasteiger partial charge < -0.3 is 10.1 Å². The average Bonchev–Trinajstić information content (AvgIpc) is 3.09. The van der Waals surface area contributed by atoms with Gasteiger partial charge in [0.1, 0.15) is 17.8 Å². The van der Waals surface area contributed by atoms with E-state index in [2.05, 4.69) is 20.3 Å². The van der Waals surface area contributed by atoms with Crippen LogP contribution in [0.15, 0.2) is 24.7 Å². The Kier molecular flexibility index (Phi) is 7.89. The summed E-state index contributed by atoms with van der Waals surface area (Å²) in [6.07, 6.45) is -10.6. The highest BCUT2D eigenvalue weighted by atomic mass is 19.4. The number of rotatable bonds is 4. The van der Waals surface area contributed by atoms with Crippen molar-refractivity contribution in [2.75, 3.05) is 0 Å². The maximum absolute atomic E-state index is 14.4. The molecule has 0 radical (unpaired) electrons. The molecule has 15 heteroatoms. The summed E-state index contributed by atoms with van der Waals surface area (Å²) in [5, 5.41) is 2.29. The third-order valence-corrected chi connectivity index (χ3v) is 5.60. The van der Waals surface area contributed by atoms with E-state index in [1.54, 1.807) is 20.8 Å². The molecule has 38 heavy (non-hydrogen) atoms. The number of amides is 2. The maximum Gasteiger partial charge on any atom is 0.451 e. The molecule has 1 aliphatic heterocycles. The van der Waals surface area contributed by atoms with Crippen LogP contribution in [0.3, 0.4) is 0 Å². The largest absolute Gasteiger partial charge is 0.451 e. The first kappa shape index (κ1) is 29.0. The highest BCUT2D eigenvalue weighted by molar-refractivity contribution is 5.86. The molecular weight excluding hydrogens is 527 g/mol. The Labute approximate surface area is 212 Å². The first-order valence-electron chi connectivity index (χ1n) is 11.3. The zero-order chi connectivity index (χ0) is 28.6. The minimum absolute atomic E-state index is 0.0970. The summed E-state index contributed by atoms with van der Waals surface area (Å²) < 4.78 is 98.6. The maximum atomic E-state index is 14.4. The minimum atomic E-state index is -4.88. The second-order valence-electron chi connectivity index (χ2n) is 9.63. The number of nitrogens with zero attached hydrogens (tertiary/aromatic N) is 4. The molecule has 3 atom stereocenters. The molecule has 0 saturated carbocycles. The van der Waals surface area contributed by atoms with E-state index >= 15 is 0 Å². The fourth-order valence-corrected chi connectivity index (χ4v) is 3.79. The first-order chi connectivity index (χ1) is 17.4. The number of alkyl halides is 7. The summed E-state index contributed by atoms with van der Waals surface area (Å²) in [6, 6.07) is -1.43. The summed E-state index contributed by atoms with van der Waals surface area (Å²) in [5.74, 6) is -2.35. The SMILES string of the molecule is C[C@H]1[C@@H](F)C[C@@H](C(=O)NCc2cc(-c3cnc(C(F)(F)F)nc3)ncc2C(F)(F)F)N1C(=O)OC(C)(C)C. The number of carbonyl (C=O) groups is 2. The van der Waals surface area contributed by atoms with Gasteiger partial charge in [0.25, 0.3) is 0 Å². The van der Waals surface area contributed by atoms with E-state index in [-0.39, 0.29) is 17.7 Å². The summed E-state index contributed by atoms with van der Waals surface area (Å²) in [5.41, 5.74) is -2.89. The molecule has 0 unspecified atom stereocenters. The van der Waals surface area contributed by atoms with Gasteiger partial charge in [0, 0.05) is 37.1 Å². The number of nitrogens with one attached hydrogen (secondary N) is 1. The summed E-state index contributed by atoms with van der Waals surface area (Å²) in [4.78, 5) is 36.4. The standard InChI is InChI=1S/C23H24F7N5O3/c1-11-15(24)6-17(35(11)20(37)38-21(2,3)4)18(36)32-7-12-5-16(31-10-14(12)22(25,26)27)13-8-33-19(34-9-13)23(28,29)30/h5,8-11,15,17H,6-7H2,1-4H3,(H,32,36)/t11-,15-,17-/m0/s1. The van der Waals surface area contributed by atoms with E-state index < -0.39 is 71.7 Å². The highest BCUT2D eigenvalue weighted by Crippen LogP contribution is 2.34. The van der Waals surface area contributed by atoms with Crippen LogP contribution in [0, 0.1) is 0 Å². The van der Waals surface area contributed by atoms with Crippen LogP contribution in [0.25, 0.3) is 11.3 Å². The minimum Gasteiger partial charge on any atom is -0.444 e. The van der Waals surface area contributed by atoms with Crippen molar-refractivity contribution >= 4 is 12.0 Å². The fraction of sp³-hybridized carbons (Fsp3) is 0.522. The van der Waals surface area contributed by atoms with E-state index in [1.807, 2.05) is 0 Å². The molecule has 0 bridgehead atoms. The van der Waals surface area contributed by atoms with Crippen molar-refractivity contribution in [2.45, 2.75) is 76.9 Å². The van der Waals surface area contributed by atoms with Crippen LogP contribution < -0.4 is 5.32 Å². The van der Waals surface area contributed by atoms with Crippen molar-refractivity contribution in [1.82, 2.24) is 25.2 Å². The molecule has 1 fully saturated rings. The van der Waals surface area contributed by atoms with Crippen LogP contribution in [-0.4, -0.2) is 55.7 Å². The van der Waals surface area contributed by atoms with Gasteiger partial charge in [-0.2, -0.15) is 26.3 Å². The van der Waals surface area contributed by atoms with Gasteiger partial charge in [0.05, 0.1) is 17.3 Å². The Morgan fingerprint density at radius 3 is 2.16 bits per heavy atom. The van der Waals surface area contributed by atoms with Crippen LogP contribution in [0.4, 0.5) is 35.5 Å². The number of halogens is 7. The molecule has 0 aromatic carbocycles. The Balaban J connectivity index is 1.85. The van der Waals surface area contributed by atoms with Crippen LogP contribution in [0.1, 0.15) is 51.1 Å². The monoisotopic (exact) mass is 551 g/mol. The topological polar surface area (TPSA) is 97.3 Å². The van der Waals surface area contributed by atoms with Gasteiger partial charge in [-0.1, -0.05) is 0 Å². The number of carbonyl (C=O) groups excluding carboxylic acids is 2. The second kappa shape index (κ2) is 10.3. The van der Waals surface area contributed by atoms with Crippen LogP contribution in [0.5, 0.6) is 0 Å². The Morgan fingerprint density at radius 1 is 1.03 bits per heavy atom. The number of likely N-dealkylation sites (tertiary alicyclic amines) is 1. The Bertz CT molecular complexity index is 1180. The molecule has 3 rings (SSSR count). The van der Waals surface area contributed by atoms with Gasteiger partial charge in [0.15, 0.2) is 0 Å². The zero-order valence-corrected chi connectivity index (χ0v) is 20.6. The van der Waals surface area contributed by atoms with Gasteiger partial charge in [-0.05, 0) is 39.3 Å². The van der Waals surface area contributed by atoms with E-state index in [0.29, 0.717) is 6.20 Å². The van der Waals surface area contributed by atoms with Crippen molar-refractivity contribution in [3.63, 3.8) is 0 Å². The Hall–Kier alpha value is -3.52. The predicted molar refractivity (Wildman–Crippen MR) is 118 cm³/mol. The number of ether oxygens (including phenoxy) is 1. The van der Waals surface area contributed by atoms with Gasteiger partial charge in [-0.25, -0.2) is 19.2 Å². The summed E-state index contributed by atoms with van der Waals surface area (Å²) in [6.45, 7) is 5.42. The fourth-order valence-electron chi connectivity index (χ4n) is 3.79. The lowest BCUT2D eigenvalue weighted by atomic mass is 10.1. The van der Waals surface area contributed by atoms with E-state index in [4.69, 9.17) is 4.74 Å². The molecule has 208 valence electrons. The second-order valence-corrected chi connectivity index (χ2v) is 9.63. The smallest absolute Gasteiger partial charge is 0.444 e. The normalized spacial score (nSPS) is 20.4. The lowest BCUT2D eigenvalue weighted by Crippen LogP contribution is -2.50. The van der Waals surface area contributed by atoms with E-state index in [1.165, 1.54) is 6.92 Å². The van der Waals surface area contributed by atoms with Crippen LogP contribution in [-0.2, 0) is 28.4 Å². The van der Waals surface area contributed by atoms with Gasteiger partial charge in [0.2, 0.25) is 11.7 Å². The molecular formula is C23H24F7N5O3. The lowest BCUT2D eigenvalue weighted by molar-refractivity contribution is -0.145. The molecule has 0 spiro atoms. The Morgan fingerprint density at radius 2 is 1.63 bits per heavy atom. The number of hydrogen-bond acceptors (Lipinski definition) is 6. The van der Waals surface area contributed by atoms with Gasteiger partial charge in [-0.3, -0.25) is 14.7 Å². The molecule has 1 saturated heterocycles. The van der Waals surface area contributed by atoms with Crippen molar-refractivity contribution in [3.05, 3.63) is 41.6 Å². The van der Waals surface area contributed by atoms with E-state index in [0.717, 1.165) is 23.4 Å². The van der Waals surface area contributed by atoms with Crippen LogP contribution in [0.2, 0.25) is 0 Å². The van der Waals surface area contributed by atoms with Gasteiger partial charge in [-0.15, -0.1) is 0 Å². The molecule has 8 nitrogen and oxygen atoms in total. The quantitative estimate of drug-likeness (QED) is 0.542. The number of aromatic nitrogens is 3. The number of hydrogen-bond donors (Lipinski definition) is 1. The van der Waals surface area contributed by atoms with Crippen molar-refractivity contribution < 1.29 is 45.1 Å². The molecule has 0 aliphatic carbocycles. The molecule has 2 aromatic rings. The van der Waals surface area contributed by atoms with Gasteiger partial charge >= 0.3 is 18.4 Å². The lowest BCUT2D eigenvalue weighted by Gasteiger charge is -2.30. The molecule has 1 N–H and O–H groups in total. The third-order valence-electron chi connectivity index (χ3n) is 5.60. The van der Waals surface area contributed by atoms with E-state index in [9.17, 15) is 40.3 Å². The van der Waals surface area contributed by atoms with Crippen LogP contribution >= 0.6 is 0 Å². The predicted octanol–water partition coefficient (Wildman–Crippen LogP) is 4.93. The number of pyridine rings is 1. The molecule has 3 heterocycles. The van der Waals surface area contributed by atoms with Crippen molar-refractivity contribution in [2.24, 2.45) is 0 Å².